The van der Waals surface area contributed by atoms with E-state index < -0.39 is 29.9 Å². The van der Waals surface area contributed by atoms with Gasteiger partial charge in [-0.2, -0.15) is 26.3 Å². The number of nitrogen functional groups attached to an aromatic ring is 1. The molecule has 1 unspecified atom stereocenters. The van der Waals surface area contributed by atoms with Gasteiger partial charge in [0.2, 0.25) is 0 Å². The summed E-state index contributed by atoms with van der Waals surface area (Å²) in [5, 5.41) is 0. The molecule has 0 fully saturated rings. The van der Waals surface area contributed by atoms with E-state index in [0.29, 0.717) is 11.8 Å². The maximum Gasteiger partial charge on any atom is 0.413 e. The van der Waals surface area contributed by atoms with Crippen LogP contribution in [0.15, 0.2) is 42.0 Å². The van der Waals surface area contributed by atoms with Crippen LogP contribution >= 0.6 is 0 Å². The normalized spacial score (nSPS) is 23.0. The van der Waals surface area contributed by atoms with Gasteiger partial charge < -0.3 is 11.5 Å². The molecule has 8 heteroatoms. The number of alkyl halides is 6. The van der Waals surface area contributed by atoms with Gasteiger partial charge in [0.15, 0.2) is 0 Å². The standard InChI is InChI=1S/C14H12F6N2/c15-13(16,17)11-7-12(22,14(18,19)20)6-5-10(11)8-1-3-9(21)4-2-8/h1-6H,7,21-22H2. The van der Waals surface area contributed by atoms with E-state index in [1.807, 2.05) is 0 Å². The van der Waals surface area contributed by atoms with Gasteiger partial charge in [0.1, 0.15) is 5.54 Å². The van der Waals surface area contributed by atoms with E-state index in [9.17, 15) is 26.3 Å². The maximum atomic E-state index is 13.1. The van der Waals surface area contributed by atoms with Crippen LogP contribution in [0, 0.1) is 0 Å². The van der Waals surface area contributed by atoms with Gasteiger partial charge in [0.25, 0.3) is 0 Å². The molecule has 1 aromatic carbocycles. The molecule has 2 rings (SSSR count). The smallest absolute Gasteiger partial charge is 0.399 e. The molecule has 1 aromatic rings. The molecule has 4 N–H and O–H groups in total. The van der Waals surface area contributed by atoms with Crippen LogP contribution in [0.25, 0.3) is 5.57 Å². The quantitative estimate of drug-likeness (QED) is 0.610. The van der Waals surface area contributed by atoms with Gasteiger partial charge in [-0.25, -0.2) is 0 Å². The minimum Gasteiger partial charge on any atom is -0.399 e. The fourth-order valence-corrected chi connectivity index (χ4v) is 2.16. The lowest BCUT2D eigenvalue weighted by atomic mass is 9.81. The lowest BCUT2D eigenvalue weighted by Gasteiger charge is -2.34. The van der Waals surface area contributed by atoms with E-state index in [4.69, 9.17) is 11.5 Å². The van der Waals surface area contributed by atoms with Crippen molar-refractivity contribution in [1.82, 2.24) is 0 Å². The Kier molecular flexibility index (Phi) is 3.76. The summed E-state index contributed by atoms with van der Waals surface area (Å²) in [6.45, 7) is 0. The van der Waals surface area contributed by atoms with Crippen LogP contribution in [0.5, 0.6) is 0 Å². The molecule has 0 saturated carbocycles. The Labute approximate surface area is 122 Å². The summed E-state index contributed by atoms with van der Waals surface area (Å²) in [7, 11) is 0. The molecule has 0 bridgehead atoms. The Morgan fingerprint density at radius 3 is 1.95 bits per heavy atom. The molecule has 0 amide bonds. The number of hydrogen-bond acceptors (Lipinski definition) is 2. The van der Waals surface area contributed by atoms with Crippen LogP contribution in [0.4, 0.5) is 32.0 Å². The van der Waals surface area contributed by atoms with E-state index in [1.165, 1.54) is 24.3 Å². The summed E-state index contributed by atoms with van der Waals surface area (Å²) in [6.07, 6.45) is -9.93. The number of hydrogen-bond donors (Lipinski definition) is 2. The first-order valence-electron chi connectivity index (χ1n) is 6.15. The van der Waals surface area contributed by atoms with E-state index in [2.05, 4.69) is 0 Å². The van der Waals surface area contributed by atoms with E-state index >= 15 is 0 Å². The summed E-state index contributed by atoms with van der Waals surface area (Å²) in [4.78, 5) is 0. The summed E-state index contributed by atoms with van der Waals surface area (Å²) < 4.78 is 78.1. The summed E-state index contributed by atoms with van der Waals surface area (Å²) in [5.74, 6) is 0. The molecular formula is C14H12F6N2. The zero-order valence-electron chi connectivity index (χ0n) is 11.1. The number of halogens is 6. The zero-order chi connectivity index (χ0) is 16.8. The number of rotatable bonds is 1. The second kappa shape index (κ2) is 5.05. The van der Waals surface area contributed by atoms with E-state index in [1.54, 1.807) is 0 Å². The molecule has 0 spiro atoms. The second-order valence-corrected chi connectivity index (χ2v) is 5.06. The topological polar surface area (TPSA) is 52.0 Å². The summed E-state index contributed by atoms with van der Waals surface area (Å²) in [6, 6.07) is 5.38. The summed E-state index contributed by atoms with van der Waals surface area (Å²) in [5.41, 5.74) is 6.36. The van der Waals surface area contributed by atoms with Gasteiger partial charge in [0.05, 0.1) is 0 Å². The largest absolute Gasteiger partial charge is 0.413 e. The van der Waals surface area contributed by atoms with Crippen molar-refractivity contribution in [3.05, 3.63) is 47.6 Å². The first kappa shape index (κ1) is 16.4. The van der Waals surface area contributed by atoms with Crippen LogP contribution < -0.4 is 11.5 Å². The predicted octanol–water partition coefficient (Wildman–Crippen LogP) is 3.80. The molecule has 0 aliphatic heterocycles. The van der Waals surface area contributed by atoms with Crippen molar-refractivity contribution in [3.63, 3.8) is 0 Å². The third kappa shape index (κ3) is 2.96. The third-order valence-corrected chi connectivity index (χ3v) is 3.43. The molecule has 120 valence electrons. The average molecular weight is 322 g/mol. The van der Waals surface area contributed by atoms with Crippen molar-refractivity contribution in [1.29, 1.82) is 0 Å². The molecule has 22 heavy (non-hydrogen) atoms. The fourth-order valence-electron chi connectivity index (χ4n) is 2.16. The van der Waals surface area contributed by atoms with Gasteiger partial charge >= 0.3 is 12.4 Å². The Hall–Kier alpha value is -1.96. The van der Waals surface area contributed by atoms with Gasteiger partial charge in [-0.3, -0.25) is 0 Å². The number of benzene rings is 1. The van der Waals surface area contributed by atoms with Crippen molar-refractivity contribution in [2.75, 3.05) is 5.73 Å². The molecule has 0 radical (unpaired) electrons. The Morgan fingerprint density at radius 2 is 1.50 bits per heavy atom. The minimum absolute atomic E-state index is 0.127. The maximum absolute atomic E-state index is 13.1. The van der Waals surface area contributed by atoms with E-state index in [-0.39, 0.29) is 11.1 Å². The molecule has 1 atom stereocenters. The number of allylic oxidation sites excluding steroid dienone is 2. The molecule has 1 aliphatic carbocycles. The SMILES string of the molecule is Nc1ccc(C2=C(C(F)(F)F)CC(N)(C(F)(F)F)C=C2)cc1. The highest BCUT2D eigenvalue weighted by Crippen LogP contribution is 2.45. The van der Waals surface area contributed by atoms with Crippen LogP contribution in [0.3, 0.4) is 0 Å². The monoisotopic (exact) mass is 322 g/mol. The Bertz CT molecular complexity index is 624. The molecule has 0 saturated heterocycles. The Balaban J connectivity index is 2.55. The van der Waals surface area contributed by atoms with Crippen molar-refractivity contribution in [2.24, 2.45) is 5.73 Å². The van der Waals surface area contributed by atoms with Crippen LogP contribution in [-0.2, 0) is 0 Å². The van der Waals surface area contributed by atoms with Gasteiger partial charge in [0, 0.05) is 17.7 Å². The molecule has 1 aliphatic rings. The first-order chi connectivity index (χ1) is 9.94. The minimum atomic E-state index is -4.98. The zero-order valence-corrected chi connectivity index (χ0v) is 11.1. The molecular weight excluding hydrogens is 310 g/mol. The molecule has 2 nitrogen and oxygen atoms in total. The van der Waals surface area contributed by atoms with Crippen LogP contribution in [0.1, 0.15) is 12.0 Å². The third-order valence-electron chi connectivity index (χ3n) is 3.43. The number of nitrogens with two attached hydrogens (primary N) is 2. The average Bonchev–Trinajstić information content (AvgIpc) is 2.37. The van der Waals surface area contributed by atoms with Crippen LogP contribution in [0.2, 0.25) is 0 Å². The predicted molar refractivity (Wildman–Crippen MR) is 70.6 cm³/mol. The summed E-state index contributed by atoms with van der Waals surface area (Å²) >= 11 is 0. The highest BCUT2D eigenvalue weighted by molar-refractivity contribution is 5.80. The molecule has 0 heterocycles. The lowest BCUT2D eigenvalue weighted by molar-refractivity contribution is -0.175. The van der Waals surface area contributed by atoms with Crippen molar-refractivity contribution >= 4 is 11.3 Å². The second-order valence-electron chi connectivity index (χ2n) is 5.06. The van der Waals surface area contributed by atoms with Gasteiger partial charge in [-0.05, 0) is 23.3 Å². The molecule has 0 aromatic heterocycles. The van der Waals surface area contributed by atoms with Crippen molar-refractivity contribution in [3.8, 4) is 0 Å². The van der Waals surface area contributed by atoms with Crippen molar-refractivity contribution in [2.45, 2.75) is 24.3 Å². The highest BCUT2D eigenvalue weighted by Gasteiger charge is 2.55. The van der Waals surface area contributed by atoms with Crippen LogP contribution in [-0.4, -0.2) is 17.9 Å². The van der Waals surface area contributed by atoms with Gasteiger partial charge in [-0.1, -0.05) is 24.3 Å². The van der Waals surface area contributed by atoms with Crippen molar-refractivity contribution < 1.29 is 26.3 Å². The first-order valence-corrected chi connectivity index (χ1v) is 6.15. The lowest BCUT2D eigenvalue weighted by Crippen LogP contribution is -2.53. The number of anilines is 1. The fraction of sp³-hybridized carbons (Fsp3) is 0.286. The highest BCUT2D eigenvalue weighted by atomic mass is 19.4. The Morgan fingerprint density at radius 1 is 0.955 bits per heavy atom. The van der Waals surface area contributed by atoms with E-state index in [0.717, 1.165) is 6.08 Å². The van der Waals surface area contributed by atoms with Gasteiger partial charge in [-0.15, -0.1) is 0 Å².